The number of hydrogen-bond acceptors (Lipinski definition) is 2. The maximum Gasteiger partial charge on any atom is 0.0301 e. The first-order chi connectivity index (χ1) is 7.49. The van der Waals surface area contributed by atoms with Crippen molar-refractivity contribution in [2.45, 2.75) is 46.6 Å². The molecule has 2 nitrogen and oxygen atoms in total. The highest BCUT2D eigenvalue weighted by Gasteiger charge is 2.26. The molecule has 1 rings (SSSR count). The van der Waals surface area contributed by atoms with Crippen LogP contribution in [0.3, 0.4) is 0 Å². The first-order valence-corrected chi connectivity index (χ1v) is 6.01. The Hall–Kier alpha value is -0.860. The highest BCUT2D eigenvalue weighted by Crippen LogP contribution is 2.26. The Balaban J connectivity index is 2.74. The monoisotopic (exact) mass is 220 g/mol. The van der Waals surface area contributed by atoms with Crippen molar-refractivity contribution < 1.29 is 0 Å². The molecule has 16 heavy (non-hydrogen) atoms. The predicted octanol–water partition coefficient (Wildman–Crippen LogP) is 2.81. The molecule has 0 aliphatic rings. The third-order valence-corrected chi connectivity index (χ3v) is 3.62. The quantitative estimate of drug-likeness (QED) is 0.591. The molecule has 0 saturated carbocycles. The van der Waals surface area contributed by atoms with Crippen molar-refractivity contribution in [3.63, 3.8) is 0 Å². The van der Waals surface area contributed by atoms with Gasteiger partial charge < -0.3 is 0 Å². The van der Waals surface area contributed by atoms with Gasteiger partial charge >= 0.3 is 0 Å². The van der Waals surface area contributed by atoms with Crippen LogP contribution in [0.2, 0.25) is 0 Å². The molecule has 1 atom stereocenters. The number of aryl methyl sites for hydroxylation is 1. The van der Waals surface area contributed by atoms with E-state index in [1.807, 2.05) is 0 Å². The summed E-state index contributed by atoms with van der Waals surface area (Å²) in [5.74, 6) is 5.66. The third-order valence-electron chi connectivity index (χ3n) is 3.62. The topological polar surface area (TPSA) is 38.0 Å². The SMILES string of the molecule is CCC(C)(C)C(Cc1ccc(C)cc1)NN. The van der Waals surface area contributed by atoms with E-state index in [-0.39, 0.29) is 5.41 Å². The smallest absolute Gasteiger partial charge is 0.0301 e. The van der Waals surface area contributed by atoms with Gasteiger partial charge in [-0.05, 0) is 30.7 Å². The molecule has 1 aromatic rings. The van der Waals surface area contributed by atoms with Crippen LogP contribution in [0.1, 0.15) is 38.3 Å². The minimum Gasteiger partial charge on any atom is -0.271 e. The molecule has 0 aromatic heterocycles. The summed E-state index contributed by atoms with van der Waals surface area (Å²) in [6.45, 7) is 8.83. The summed E-state index contributed by atoms with van der Waals surface area (Å²) in [4.78, 5) is 0. The van der Waals surface area contributed by atoms with Gasteiger partial charge in [0, 0.05) is 6.04 Å². The predicted molar refractivity (Wildman–Crippen MR) is 70.1 cm³/mol. The number of benzene rings is 1. The molecule has 1 unspecified atom stereocenters. The first-order valence-electron chi connectivity index (χ1n) is 6.01. The zero-order valence-electron chi connectivity index (χ0n) is 10.9. The second kappa shape index (κ2) is 5.46. The van der Waals surface area contributed by atoms with Gasteiger partial charge in [-0.3, -0.25) is 11.3 Å². The van der Waals surface area contributed by atoms with E-state index in [1.54, 1.807) is 0 Å². The minimum absolute atomic E-state index is 0.222. The van der Waals surface area contributed by atoms with Crippen molar-refractivity contribution in [3.8, 4) is 0 Å². The van der Waals surface area contributed by atoms with Crippen molar-refractivity contribution in [1.82, 2.24) is 5.43 Å². The molecule has 0 aliphatic carbocycles. The lowest BCUT2D eigenvalue weighted by Crippen LogP contribution is -2.46. The van der Waals surface area contributed by atoms with E-state index in [2.05, 4.69) is 57.4 Å². The Morgan fingerprint density at radius 2 is 1.81 bits per heavy atom. The molecule has 2 heteroatoms. The van der Waals surface area contributed by atoms with Crippen molar-refractivity contribution in [3.05, 3.63) is 35.4 Å². The zero-order valence-corrected chi connectivity index (χ0v) is 10.9. The van der Waals surface area contributed by atoms with E-state index in [9.17, 15) is 0 Å². The van der Waals surface area contributed by atoms with E-state index < -0.39 is 0 Å². The van der Waals surface area contributed by atoms with Crippen LogP contribution in [-0.2, 0) is 6.42 Å². The molecule has 0 aliphatic heterocycles. The van der Waals surface area contributed by atoms with Gasteiger partial charge in [0.15, 0.2) is 0 Å². The lowest BCUT2D eigenvalue weighted by Gasteiger charge is -2.33. The van der Waals surface area contributed by atoms with Crippen LogP contribution in [0.5, 0.6) is 0 Å². The molecule has 0 spiro atoms. The summed E-state index contributed by atoms with van der Waals surface area (Å²) in [6.07, 6.45) is 2.10. The first kappa shape index (κ1) is 13.2. The third kappa shape index (κ3) is 3.32. The molecule has 1 aromatic carbocycles. The fourth-order valence-electron chi connectivity index (χ4n) is 1.77. The molecule has 0 radical (unpaired) electrons. The molecule has 0 fully saturated rings. The van der Waals surface area contributed by atoms with Crippen LogP contribution in [0.4, 0.5) is 0 Å². The van der Waals surface area contributed by atoms with Crippen LogP contribution >= 0.6 is 0 Å². The Labute approximate surface area is 99.2 Å². The molecular formula is C14H24N2. The molecule has 0 saturated heterocycles. The standard InChI is InChI=1S/C14H24N2/c1-5-14(3,4)13(16-15)10-12-8-6-11(2)7-9-12/h6-9,13,16H,5,10,15H2,1-4H3. The summed E-state index contributed by atoms with van der Waals surface area (Å²) in [5.41, 5.74) is 5.82. The van der Waals surface area contributed by atoms with Crippen molar-refractivity contribution in [2.75, 3.05) is 0 Å². The summed E-state index contributed by atoms with van der Waals surface area (Å²) >= 11 is 0. The molecule has 90 valence electrons. The van der Waals surface area contributed by atoms with Crippen LogP contribution in [0.15, 0.2) is 24.3 Å². The van der Waals surface area contributed by atoms with E-state index in [0.717, 1.165) is 12.8 Å². The minimum atomic E-state index is 0.222. The second-order valence-electron chi connectivity index (χ2n) is 5.25. The van der Waals surface area contributed by atoms with E-state index in [1.165, 1.54) is 11.1 Å². The van der Waals surface area contributed by atoms with Gasteiger partial charge in [-0.1, -0.05) is 50.6 Å². The Morgan fingerprint density at radius 1 is 1.25 bits per heavy atom. The molecular weight excluding hydrogens is 196 g/mol. The van der Waals surface area contributed by atoms with Crippen molar-refractivity contribution in [2.24, 2.45) is 11.3 Å². The fraction of sp³-hybridized carbons (Fsp3) is 0.571. The maximum atomic E-state index is 5.66. The van der Waals surface area contributed by atoms with Gasteiger partial charge in [0.2, 0.25) is 0 Å². The maximum absolute atomic E-state index is 5.66. The molecule has 0 heterocycles. The average molecular weight is 220 g/mol. The largest absolute Gasteiger partial charge is 0.271 e. The van der Waals surface area contributed by atoms with Gasteiger partial charge in [-0.25, -0.2) is 0 Å². The van der Waals surface area contributed by atoms with Gasteiger partial charge in [-0.2, -0.15) is 0 Å². The zero-order chi connectivity index (χ0) is 12.2. The van der Waals surface area contributed by atoms with Crippen molar-refractivity contribution >= 4 is 0 Å². The number of nitrogens with two attached hydrogens (primary N) is 1. The van der Waals surface area contributed by atoms with Gasteiger partial charge in [0.05, 0.1) is 0 Å². The van der Waals surface area contributed by atoms with Crippen LogP contribution in [-0.4, -0.2) is 6.04 Å². The Kier molecular flexibility index (Phi) is 4.51. The van der Waals surface area contributed by atoms with Crippen LogP contribution in [0.25, 0.3) is 0 Å². The number of nitrogens with one attached hydrogen (secondary N) is 1. The van der Waals surface area contributed by atoms with Gasteiger partial charge in [-0.15, -0.1) is 0 Å². The van der Waals surface area contributed by atoms with Crippen LogP contribution < -0.4 is 11.3 Å². The lowest BCUT2D eigenvalue weighted by molar-refractivity contribution is 0.231. The highest BCUT2D eigenvalue weighted by molar-refractivity contribution is 5.22. The molecule has 3 N–H and O–H groups in total. The second-order valence-corrected chi connectivity index (χ2v) is 5.25. The average Bonchev–Trinajstić information content (AvgIpc) is 2.28. The summed E-state index contributed by atoms with van der Waals surface area (Å²) in [5, 5.41) is 0. The molecule has 0 amide bonds. The number of rotatable bonds is 5. The van der Waals surface area contributed by atoms with E-state index in [4.69, 9.17) is 5.84 Å². The van der Waals surface area contributed by atoms with Gasteiger partial charge in [0.25, 0.3) is 0 Å². The van der Waals surface area contributed by atoms with Gasteiger partial charge in [0.1, 0.15) is 0 Å². The number of hydrogen-bond donors (Lipinski definition) is 2. The molecule has 0 bridgehead atoms. The fourth-order valence-corrected chi connectivity index (χ4v) is 1.77. The highest BCUT2D eigenvalue weighted by atomic mass is 15.2. The summed E-state index contributed by atoms with van der Waals surface area (Å²) < 4.78 is 0. The van der Waals surface area contributed by atoms with Crippen LogP contribution in [0, 0.1) is 12.3 Å². The number of hydrazine groups is 1. The summed E-state index contributed by atoms with van der Waals surface area (Å²) in [6, 6.07) is 9.00. The summed E-state index contributed by atoms with van der Waals surface area (Å²) in [7, 11) is 0. The Morgan fingerprint density at radius 3 is 2.25 bits per heavy atom. The lowest BCUT2D eigenvalue weighted by atomic mass is 9.79. The van der Waals surface area contributed by atoms with Crippen molar-refractivity contribution in [1.29, 1.82) is 0 Å². The van der Waals surface area contributed by atoms with E-state index in [0.29, 0.717) is 6.04 Å². The normalized spacial score (nSPS) is 13.8. The van der Waals surface area contributed by atoms with E-state index >= 15 is 0 Å². The Bertz CT molecular complexity index is 314.